The van der Waals surface area contributed by atoms with Crippen LogP contribution in [0.3, 0.4) is 0 Å². The molecule has 2 heterocycles. The van der Waals surface area contributed by atoms with E-state index in [0.29, 0.717) is 0 Å². The summed E-state index contributed by atoms with van der Waals surface area (Å²) in [6.07, 6.45) is 2.20. The van der Waals surface area contributed by atoms with E-state index in [1.165, 1.54) is 56.1 Å². The Kier molecular flexibility index (Phi) is 4.32. The summed E-state index contributed by atoms with van der Waals surface area (Å²) in [6, 6.07) is 9.01. The number of aryl methyl sites for hydroxylation is 5. The summed E-state index contributed by atoms with van der Waals surface area (Å²) < 4.78 is 4.70. The topological polar surface area (TPSA) is 8.81 Å². The molecular formula is C23H29N2+. The van der Waals surface area contributed by atoms with Gasteiger partial charge >= 0.3 is 0 Å². The van der Waals surface area contributed by atoms with Crippen molar-refractivity contribution >= 4 is 0 Å². The predicted octanol–water partition coefficient (Wildman–Crippen LogP) is 5.13. The lowest BCUT2D eigenvalue weighted by atomic mass is 10.0. The molecule has 0 amide bonds. The Labute approximate surface area is 151 Å². The molecule has 0 unspecified atom stereocenters. The molecule has 0 fully saturated rings. The highest BCUT2D eigenvalue weighted by Crippen LogP contribution is 2.34. The Morgan fingerprint density at radius 3 is 1.92 bits per heavy atom. The van der Waals surface area contributed by atoms with Crippen LogP contribution in [0.1, 0.15) is 39.1 Å². The van der Waals surface area contributed by atoms with Crippen molar-refractivity contribution in [1.29, 1.82) is 0 Å². The highest BCUT2D eigenvalue weighted by molar-refractivity contribution is 5.67. The highest BCUT2D eigenvalue weighted by atomic mass is 15.0. The lowest BCUT2D eigenvalue weighted by molar-refractivity contribution is -0.660. The molecule has 2 aromatic heterocycles. The molecule has 2 nitrogen and oxygen atoms in total. The second-order valence-electron chi connectivity index (χ2n) is 7.47. The van der Waals surface area contributed by atoms with E-state index < -0.39 is 0 Å². The van der Waals surface area contributed by atoms with E-state index in [-0.39, 0.29) is 0 Å². The van der Waals surface area contributed by atoms with E-state index in [0.717, 1.165) is 0 Å². The molecule has 0 N–H and O–H groups in total. The molecule has 3 aromatic rings. The van der Waals surface area contributed by atoms with Crippen LogP contribution < -0.4 is 4.57 Å². The number of rotatable bonds is 2. The third-order valence-electron chi connectivity index (χ3n) is 5.40. The van der Waals surface area contributed by atoms with Crippen molar-refractivity contribution in [2.45, 2.75) is 48.5 Å². The van der Waals surface area contributed by atoms with Crippen LogP contribution in [0.4, 0.5) is 0 Å². The minimum absolute atomic E-state index is 1.25. The lowest BCUT2D eigenvalue weighted by Gasteiger charge is -2.18. The van der Waals surface area contributed by atoms with Crippen molar-refractivity contribution in [2.75, 3.05) is 0 Å². The lowest BCUT2D eigenvalue weighted by Crippen LogP contribution is -2.31. The summed E-state index contributed by atoms with van der Waals surface area (Å²) in [6.45, 7) is 15.5. The SMILES string of the molecule is Cc1cc(C)c(-n2c(C)c(C)c(C)c2-c2ccc(C)c[n+]2C)c(C)c1. The fourth-order valence-corrected chi connectivity index (χ4v) is 4.06. The number of nitrogens with zero attached hydrogens (tertiary/aromatic N) is 2. The standard InChI is InChI=1S/C23H29N2/c1-14-9-10-21(24(8)13-14)23-19(6)18(5)20(7)25(23)22-16(3)11-15(2)12-17(22)4/h9-13H,1-8H3/q+1. The highest BCUT2D eigenvalue weighted by Gasteiger charge is 2.24. The molecule has 25 heavy (non-hydrogen) atoms. The number of hydrogen-bond acceptors (Lipinski definition) is 0. The molecule has 0 saturated heterocycles. The summed E-state index contributed by atoms with van der Waals surface area (Å²) in [4.78, 5) is 0. The Morgan fingerprint density at radius 2 is 1.36 bits per heavy atom. The van der Waals surface area contributed by atoms with E-state index in [2.05, 4.69) is 95.1 Å². The number of hydrogen-bond donors (Lipinski definition) is 0. The molecule has 0 saturated carbocycles. The van der Waals surface area contributed by atoms with Crippen LogP contribution in [-0.2, 0) is 7.05 Å². The molecule has 3 rings (SSSR count). The van der Waals surface area contributed by atoms with Crippen molar-refractivity contribution < 1.29 is 4.57 Å². The minimum atomic E-state index is 1.25. The molecule has 2 heteroatoms. The Hall–Kier alpha value is -2.35. The normalized spacial score (nSPS) is 11.2. The van der Waals surface area contributed by atoms with E-state index in [1.807, 2.05) is 0 Å². The van der Waals surface area contributed by atoms with E-state index in [4.69, 9.17) is 0 Å². The summed E-state index contributed by atoms with van der Waals surface area (Å²) in [5.41, 5.74) is 13.2. The Bertz CT molecular complexity index is 951. The van der Waals surface area contributed by atoms with Gasteiger partial charge in [-0.15, -0.1) is 0 Å². The predicted molar refractivity (Wildman–Crippen MR) is 106 cm³/mol. The summed E-state index contributed by atoms with van der Waals surface area (Å²) >= 11 is 0. The first-order chi connectivity index (χ1) is 11.7. The number of aromatic nitrogens is 2. The molecule has 130 valence electrons. The van der Waals surface area contributed by atoms with Gasteiger partial charge in [0, 0.05) is 17.3 Å². The van der Waals surface area contributed by atoms with E-state index >= 15 is 0 Å². The second-order valence-corrected chi connectivity index (χ2v) is 7.47. The van der Waals surface area contributed by atoms with Crippen molar-refractivity contribution in [3.63, 3.8) is 0 Å². The van der Waals surface area contributed by atoms with Crippen LogP contribution in [0.15, 0.2) is 30.5 Å². The van der Waals surface area contributed by atoms with Crippen molar-refractivity contribution in [3.05, 3.63) is 69.5 Å². The Balaban J connectivity index is 2.42. The molecule has 0 spiro atoms. The molecule has 0 aliphatic carbocycles. The van der Waals surface area contributed by atoms with Gasteiger partial charge in [0.25, 0.3) is 0 Å². The third kappa shape index (κ3) is 2.80. The van der Waals surface area contributed by atoms with Gasteiger partial charge in [0.1, 0.15) is 12.7 Å². The molecule has 0 aliphatic heterocycles. The minimum Gasteiger partial charge on any atom is -0.308 e. The second kappa shape index (κ2) is 6.18. The smallest absolute Gasteiger partial charge is 0.229 e. The zero-order valence-electron chi connectivity index (χ0n) is 16.8. The first-order valence-electron chi connectivity index (χ1n) is 8.95. The van der Waals surface area contributed by atoms with Gasteiger partial charge in [-0.25, -0.2) is 0 Å². The van der Waals surface area contributed by atoms with Gasteiger partial charge in [0.05, 0.1) is 5.69 Å². The molecule has 0 atom stereocenters. The maximum atomic E-state index is 2.46. The molecule has 0 aliphatic rings. The number of benzene rings is 1. The van der Waals surface area contributed by atoms with Crippen molar-refractivity contribution in [3.8, 4) is 17.1 Å². The van der Waals surface area contributed by atoms with Crippen LogP contribution in [0, 0.1) is 48.5 Å². The van der Waals surface area contributed by atoms with Crippen LogP contribution in [0.2, 0.25) is 0 Å². The third-order valence-corrected chi connectivity index (χ3v) is 5.40. The fraction of sp³-hybridized carbons (Fsp3) is 0.348. The summed E-state index contributed by atoms with van der Waals surface area (Å²) in [7, 11) is 2.14. The van der Waals surface area contributed by atoms with Gasteiger partial charge < -0.3 is 4.57 Å². The summed E-state index contributed by atoms with van der Waals surface area (Å²) in [5, 5.41) is 0. The van der Waals surface area contributed by atoms with Gasteiger partial charge in [-0.3, -0.25) is 0 Å². The first-order valence-corrected chi connectivity index (χ1v) is 8.95. The van der Waals surface area contributed by atoms with Crippen LogP contribution in [-0.4, -0.2) is 4.57 Å². The average Bonchev–Trinajstić information content (AvgIpc) is 2.72. The van der Waals surface area contributed by atoms with Crippen LogP contribution >= 0.6 is 0 Å². The molecule has 0 radical (unpaired) electrons. The Morgan fingerprint density at radius 1 is 0.760 bits per heavy atom. The summed E-state index contributed by atoms with van der Waals surface area (Å²) in [5.74, 6) is 0. The monoisotopic (exact) mass is 333 g/mol. The maximum Gasteiger partial charge on any atom is 0.229 e. The van der Waals surface area contributed by atoms with Gasteiger partial charge in [-0.05, 0) is 76.8 Å². The maximum absolute atomic E-state index is 2.46. The first kappa shape index (κ1) is 17.5. The van der Waals surface area contributed by atoms with Gasteiger partial charge in [-0.1, -0.05) is 17.7 Å². The average molecular weight is 333 g/mol. The van der Waals surface area contributed by atoms with Crippen LogP contribution in [0.5, 0.6) is 0 Å². The molecule has 0 bridgehead atoms. The quantitative estimate of drug-likeness (QED) is 0.575. The molecule has 1 aromatic carbocycles. The van der Waals surface area contributed by atoms with Crippen LogP contribution in [0.25, 0.3) is 17.1 Å². The number of pyridine rings is 1. The fourth-order valence-electron chi connectivity index (χ4n) is 4.06. The largest absolute Gasteiger partial charge is 0.308 e. The zero-order valence-corrected chi connectivity index (χ0v) is 16.8. The van der Waals surface area contributed by atoms with Crippen molar-refractivity contribution in [2.24, 2.45) is 7.05 Å². The van der Waals surface area contributed by atoms with Crippen molar-refractivity contribution in [1.82, 2.24) is 4.57 Å². The van der Waals surface area contributed by atoms with E-state index in [9.17, 15) is 0 Å². The van der Waals surface area contributed by atoms with Gasteiger partial charge in [0.15, 0.2) is 6.20 Å². The molecular weight excluding hydrogens is 304 g/mol. The zero-order chi connectivity index (χ0) is 18.5. The van der Waals surface area contributed by atoms with Gasteiger partial charge in [-0.2, -0.15) is 4.57 Å². The van der Waals surface area contributed by atoms with Gasteiger partial charge in [0.2, 0.25) is 5.69 Å². The van der Waals surface area contributed by atoms with E-state index in [1.54, 1.807) is 0 Å².